The van der Waals surface area contributed by atoms with E-state index in [4.69, 9.17) is 0 Å². The lowest BCUT2D eigenvalue weighted by Gasteiger charge is -2.14. The van der Waals surface area contributed by atoms with Crippen LogP contribution in [0.2, 0.25) is 0 Å². The number of hydrogen-bond donors (Lipinski definition) is 0. The largest absolute Gasteiger partial charge is 0.416 e. The van der Waals surface area contributed by atoms with E-state index in [1.165, 1.54) is 6.07 Å². The number of rotatable bonds is 2. The summed E-state index contributed by atoms with van der Waals surface area (Å²) in [6, 6.07) is 14.0. The summed E-state index contributed by atoms with van der Waals surface area (Å²) < 4.78 is 80.7. The van der Waals surface area contributed by atoms with Gasteiger partial charge < -0.3 is 4.57 Å². The molecule has 2 aromatic carbocycles. The van der Waals surface area contributed by atoms with Crippen molar-refractivity contribution in [2.24, 2.45) is 7.05 Å². The highest BCUT2D eigenvalue weighted by Crippen LogP contribution is 2.39. The zero-order valence-electron chi connectivity index (χ0n) is 15.5. The van der Waals surface area contributed by atoms with Gasteiger partial charge in [-0.2, -0.15) is 26.3 Å². The normalized spacial score (nSPS) is 12.5. The van der Waals surface area contributed by atoms with Crippen molar-refractivity contribution in [3.8, 4) is 22.4 Å². The molecule has 0 N–H and O–H groups in total. The Hall–Kier alpha value is -3.29. The molecule has 0 amide bonds. The third-order valence-electron chi connectivity index (χ3n) is 4.79. The first-order valence-electron chi connectivity index (χ1n) is 8.85. The number of pyridine rings is 1. The molecular weight excluding hydrogens is 406 g/mol. The van der Waals surface area contributed by atoms with Crippen LogP contribution in [0, 0.1) is 0 Å². The Balaban J connectivity index is 1.89. The lowest BCUT2D eigenvalue weighted by molar-refractivity contribution is -0.143. The SMILES string of the molecule is Cn1cc(-c2ccccc2)c2ccc(-c3cc(C(F)(F)F)cc(C(F)(F)F)c3)nc21. The molecule has 0 unspecified atom stereocenters. The molecule has 2 heterocycles. The van der Waals surface area contributed by atoms with Crippen LogP contribution in [-0.2, 0) is 19.4 Å². The minimum Gasteiger partial charge on any atom is -0.335 e. The molecule has 0 aliphatic carbocycles. The van der Waals surface area contributed by atoms with Gasteiger partial charge in [0.15, 0.2) is 0 Å². The monoisotopic (exact) mass is 420 g/mol. The Kier molecular flexibility index (Phi) is 4.60. The molecular formula is C22H14F6N2. The van der Waals surface area contributed by atoms with E-state index in [0.717, 1.165) is 16.5 Å². The van der Waals surface area contributed by atoms with Crippen LogP contribution < -0.4 is 0 Å². The average molecular weight is 420 g/mol. The Morgan fingerprint density at radius 2 is 1.33 bits per heavy atom. The van der Waals surface area contributed by atoms with Crippen LogP contribution in [0.25, 0.3) is 33.4 Å². The third kappa shape index (κ3) is 3.65. The van der Waals surface area contributed by atoms with E-state index in [-0.39, 0.29) is 17.3 Å². The van der Waals surface area contributed by atoms with Gasteiger partial charge in [0, 0.05) is 29.8 Å². The molecule has 0 bridgehead atoms. The van der Waals surface area contributed by atoms with Crippen molar-refractivity contribution >= 4 is 11.0 Å². The van der Waals surface area contributed by atoms with Gasteiger partial charge in [0.1, 0.15) is 5.65 Å². The van der Waals surface area contributed by atoms with E-state index in [2.05, 4.69) is 4.98 Å². The summed E-state index contributed by atoms with van der Waals surface area (Å²) in [5, 5.41) is 0.746. The van der Waals surface area contributed by atoms with Crippen molar-refractivity contribution in [3.63, 3.8) is 0 Å². The number of halogens is 6. The van der Waals surface area contributed by atoms with Crippen LogP contribution in [0.3, 0.4) is 0 Å². The summed E-state index contributed by atoms with van der Waals surface area (Å²) in [7, 11) is 1.72. The van der Waals surface area contributed by atoms with E-state index >= 15 is 0 Å². The standard InChI is InChI=1S/C22H14F6N2/c1-30-12-18(13-5-3-2-4-6-13)17-7-8-19(29-20(17)30)14-9-15(21(23,24)25)11-16(10-14)22(26,27)28/h2-12H,1H3. The minimum atomic E-state index is -4.91. The lowest BCUT2D eigenvalue weighted by atomic mass is 10.0. The number of benzene rings is 2. The van der Waals surface area contributed by atoms with Gasteiger partial charge in [0.25, 0.3) is 0 Å². The van der Waals surface area contributed by atoms with Gasteiger partial charge in [-0.15, -0.1) is 0 Å². The molecule has 0 atom stereocenters. The predicted molar refractivity (Wildman–Crippen MR) is 102 cm³/mol. The molecule has 0 saturated carbocycles. The van der Waals surface area contributed by atoms with Crippen LogP contribution >= 0.6 is 0 Å². The molecule has 0 spiro atoms. The average Bonchev–Trinajstić information content (AvgIpc) is 3.03. The van der Waals surface area contributed by atoms with E-state index < -0.39 is 23.5 Å². The topological polar surface area (TPSA) is 17.8 Å². The summed E-state index contributed by atoms with van der Waals surface area (Å²) in [4.78, 5) is 4.37. The van der Waals surface area contributed by atoms with Crippen molar-refractivity contribution < 1.29 is 26.3 Å². The smallest absolute Gasteiger partial charge is 0.335 e. The van der Waals surface area contributed by atoms with Crippen LogP contribution in [-0.4, -0.2) is 9.55 Å². The van der Waals surface area contributed by atoms with Gasteiger partial charge in [0.2, 0.25) is 0 Å². The minimum absolute atomic E-state index is 0.0277. The van der Waals surface area contributed by atoms with Crippen LogP contribution in [0.1, 0.15) is 11.1 Å². The van der Waals surface area contributed by atoms with Gasteiger partial charge in [-0.3, -0.25) is 0 Å². The van der Waals surface area contributed by atoms with Gasteiger partial charge >= 0.3 is 12.4 Å². The second kappa shape index (κ2) is 6.90. The second-order valence-corrected chi connectivity index (χ2v) is 6.88. The van der Waals surface area contributed by atoms with Crippen molar-refractivity contribution in [2.45, 2.75) is 12.4 Å². The van der Waals surface area contributed by atoms with Crippen LogP contribution in [0.5, 0.6) is 0 Å². The molecule has 0 radical (unpaired) electrons. The Morgan fingerprint density at radius 3 is 1.90 bits per heavy atom. The Morgan fingerprint density at radius 1 is 0.733 bits per heavy atom. The zero-order valence-corrected chi connectivity index (χ0v) is 15.5. The van der Waals surface area contributed by atoms with Crippen LogP contribution in [0.4, 0.5) is 26.3 Å². The highest BCUT2D eigenvalue weighted by molar-refractivity contribution is 5.95. The molecule has 0 fully saturated rings. The summed E-state index contributed by atoms with van der Waals surface area (Å²) >= 11 is 0. The highest BCUT2D eigenvalue weighted by Gasteiger charge is 2.37. The molecule has 0 aliphatic rings. The first-order chi connectivity index (χ1) is 14.0. The van der Waals surface area contributed by atoms with Crippen molar-refractivity contribution in [1.82, 2.24) is 9.55 Å². The van der Waals surface area contributed by atoms with Gasteiger partial charge in [-0.25, -0.2) is 4.98 Å². The lowest BCUT2D eigenvalue weighted by Crippen LogP contribution is -2.11. The van der Waals surface area contributed by atoms with Crippen LogP contribution in [0.15, 0.2) is 66.9 Å². The third-order valence-corrected chi connectivity index (χ3v) is 4.79. The molecule has 4 aromatic rings. The first-order valence-corrected chi connectivity index (χ1v) is 8.85. The predicted octanol–water partition coefficient (Wildman–Crippen LogP) is 6.94. The second-order valence-electron chi connectivity index (χ2n) is 6.88. The maximum Gasteiger partial charge on any atom is 0.416 e. The molecule has 2 nitrogen and oxygen atoms in total. The maximum absolute atomic E-state index is 13.2. The summed E-state index contributed by atoms with van der Waals surface area (Å²) in [5.74, 6) is 0. The number of hydrogen-bond acceptors (Lipinski definition) is 1. The van der Waals surface area contributed by atoms with Crippen molar-refractivity contribution in [3.05, 3.63) is 78.0 Å². The van der Waals surface area contributed by atoms with Gasteiger partial charge in [-0.05, 0) is 35.9 Å². The maximum atomic E-state index is 13.2. The number of nitrogens with zero attached hydrogens (tertiary/aromatic N) is 2. The van der Waals surface area contributed by atoms with Gasteiger partial charge in [0.05, 0.1) is 16.8 Å². The molecule has 2 aromatic heterocycles. The fourth-order valence-corrected chi connectivity index (χ4v) is 3.36. The highest BCUT2D eigenvalue weighted by atomic mass is 19.4. The Labute approximate surface area is 167 Å². The van der Waals surface area contributed by atoms with E-state index in [9.17, 15) is 26.3 Å². The molecule has 0 aliphatic heterocycles. The fraction of sp³-hybridized carbons (Fsp3) is 0.136. The number of fused-ring (bicyclic) bond motifs is 1. The van der Waals surface area contributed by atoms with Gasteiger partial charge in [-0.1, -0.05) is 30.3 Å². The van der Waals surface area contributed by atoms with Crippen molar-refractivity contribution in [1.29, 1.82) is 0 Å². The number of aromatic nitrogens is 2. The Bertz CT molecular complexity index is 1190. The van der Waals surface area contributed by atoms with E-state index in [1.54, 1.807) is 17.7 Å². The number of alkyl halides is 6. The number of aryl methyl sites for hydroxylation is 1. The van der Waals surface area contributed by atoms with Crippen molar-refractivity contribution in [2.75, 3.05) is 0 Å². The quantitative estimate of drug-likeness (QED) is 0.321. The van der Waals surface area contributed by atoms with E-state index in [0.29, 0.717) is 17.8 Å². The molecule has 4 rings (SSSR count). The molecule has 154 valence electrons. The first kappa shape index (κ1) is 20.0. The zero-order chi connectivity index (χ0) is 21.7. The fourth-order valence-electron chi connectivity index (χ4n) is 3.36. The molecule has 8 heteroatoms. The molecule has 30 heavy (non-hydrogen) atoms. The summed E-state index contributed by atoms with van der Waals surface area (Å²) in [6.45, 7) is 0. The summed E-state index contributed by atoms with van der Waals surface area (Å²) in [5.41, 5.74) is -0.709. The molecule has 0 saturated heterocycles. The summed E-state index contributed by atoms with van der Waals surface area (Å²) in [6.07, 6.45) is -8.00. The van der Waals surface area contributed by atoms with E-state index in [1.807, 2.05) is 36.5 Å².